The molecule has 0 spiro atoms. The van der Waals surface area contributed by atoms with Crippen molar-refractivity contribution in [1.29, 1.82) is 0 Å². The van der Waals surface area contributed by atoms with E-state index in [1.807, 2.05) is 0 Å². The van der Waals surface area contributed by atoms with Crippen LogP contribution < -0.4 is 9.47 Å². The van der Waals surface area contributed by atoms with Gasteiger partial charge in [0, 0.05) is 24.7 Å². The van der Waals surface area contributed by atoms with Crippen molar-refractivity contribution in [3.8, 4) is 11.5 Å². The van der Waals surface area contributed by atoms with E-state index in [1.54, 1.807) is 29.2 Å². The summed E-state index contributed by atoms with van der Waals surface area (Å²) in [5.74, 6) is 0.865. The molecule has 1 fully saturated rings. The summed E-state index contributed by atoms with van der Waals surface area (Å²) in [6, 6.07) is 4.87. The molecule has 0 bridgehead atoms. The number of amides is 1. The summed E-state index contributed by atoms with van der Waals surface area (Å²) in [6.07, 6.45) is 3.35. The van der Waals surface area contributed by atoms with Crippen molar-refractivity contribution in [2.75, 3.05) is 19.7 Å². The van der Waals surface area contributed by atoms with E-state index in [9.17, 15) is 4.79 Å². The molecule has 1 aromatic carbocycles. The monoisotopic (exact) mass is 315 g/mol. The highest BCUT2D eigenvalue weighted by molar-refractivity contribution is 6.32. The summed E-state index contributed by atoms with van der Waals surface area (Å²) >= 11 is 11.4. The van der Waals surface area contributed by atoms with Gasteiger partial charge in [-0.25, -0.2) is 4.79 Å². The van der Waals surface area contributed by atoms with Crippen LogP contribution in [0.5, 0.6) is 11.5 Å². The quantitative estimate of drug-likeness (QED) is 0.840. The number of ether oxygens (including phenoxy) is 2. The van der Waals surface area contributed by atoms with Gasteiger partial charge in [-0.05, 0) is 31.1 Å². The normalized spacial score (nSPS) is 14.8. The molecule has 6 heteroatoms. The molecule has 1 aliphatic rings. The third-order valence-corrected chi connectivity index (χ3v) is 3.39. The Morgan fingerprint density at radius 1 is 1.35 bits per heavy atom. The van der Waals surface area contributed by atoms with Crippen LogP contribution in [0.3, 0.4) is 0 Å². The predicted molar refractivity (Wildman–Crippen MR) is 78.8 cm³/mol. The van der Waals surface area contributed by atoms with E-state index in [0.717, 1.165) is 25.9 Å². The van der Waals surface area contributed by atoms with Crippen LogP contribution in [0.1, 0.15) is 12.8 Å². The molecule has 1 amide bonds. The Morgan fingerprint density at radius 3 is 2.80 bits per heavy atom. The zero-order chi connectivity index (χ0) is 14.4. The maximum absolute atomic E-state index is 11.9. The standard InChI is InChI=1S/C14H15Cl2NO3/c15-6-3-9-19-13-10-11(4-5-12(13)16)20-14(18)17-7-1-2-8-17/h3-6,10H,1-2,7-9H2/b6-3-. The number of carbonyl (C=O) groups excluding carboxylic acids is 1. The highest BCUT2D eigenvalue weighted by atomic mass is 35.5. The molecule has 20 heavy (non-hydrogen) atoms. The van der Waals surface area contributed by atoms with Crippen molar-refractivity contribution in [2.45, 2.75) is 12.8 Å². The van der Waals surface area contributed by atoms with Crippen molar-refractivity contribution in [3.63, 3.8) is 0 Å². The van der Waals surface area contributed by atoms with Gasteiger partial charge in [-0.15, -0.1) is 0 Å². The SMILES string of the molecule is O=C(Oc1ccc(Cl)c(OC/C=C\Cl)c1)N1CCCC1. The first-order valence-corrected chi connectivity index (χ1v) is 7.16. The van der Waals surface area contributed by atoms with Crippen molar-refractivity contribution in [1.82, 2.24) is 4.90 Å². The van der Waals surface area contributed by atoms with Gasteiger partial charge in [0.15, 0.2) is 0 Å². The molecule has 108 valence electrons. The van der Waals surface area contributed by atoms with E-state index in [-0.39, 0.29) is 6.09 Å². The minimum atomic E-state index is -0.337. The van der Waals surface area contributed by atoms with Crippen molar-refractivity contribution >= 4 is 29.3 Å². The third-order valence-electron chi connectivity index (χ3n) is 2.90. The number of rotatable bonds is 4. The lowest BCUT2D eigenvalue weighted by Gasteiger charge is -2.15. The summed E-state index contributed by atoms with van der Waals surface area (Å²) in [4.78, 5) is 13.6. The van der Waals surface area contributed by atoms with Gasteiger partial charge in [0.05, 0.1) is 5.02 Å². The Balaban J connectivity index is 2.00. The number of halogens is 2. The van der Waals surface area contributed by atoms with Gasteiger partial charge in [0.25, 0.3) is 0 Å². The smallest absolute Gasteiger partial charge is 0.415 e. The van der Waals surface area contributed by atoms with Crippen LogP contribution in [0.15, 0.2) is 29.8 Å². The first kappa shape index (κ1) is 15.0. The van der Waals surface area contributed by atoms with Crippen LogP contribution in [0.4, 0.5) is 4.79 Å². The summed E-state index contributed by atoms with van der Waals surface area (Å²) in [5, 5.41) is 0.453. The van der Waals surface area contributed by atoms with Crippen molar-refractivity contribution < 1.29 is 14.3 Å². The van der Waals surface area contributed by atoms with Gasteiger partial charge in [-0.2, -0.15) is 0 Å². The second-order valence-electron chi connectivity index (χ2n) is 4.33. The molecule has 1 saturated heterocycles. The maximum Gasteiger partial charge on any atom is 0.415 e. The van der Waals surface area contributed by atoms with Crippen LogP contribution in [-0.4, -0.2) is 30.7 Å². The van der Waals surface area contributed by atoms with Gasteiger partial charge in [0.2, 0.25) is 0 Å². The number of hydrogen-bond donors (Lipinski definition) is 0. The number of hydrogen-bond acceptors (Lipinski definition) is 3. The lowest BCUT2D eigenvalue weighted by molar-refractivity contribution is 0.162. The zero-order valence-corrected chi connectivity index (χ0v) is 12.4. The van der Waals surface area contributed by atoms with Crippen LogP contribution in [0.25, 0.3) is 0 Å². The Morgan fingerprint density at radius 2 is 2.10 bits per heavy atom. The first-order valence-electron chi connectivity index (χ1n) is 6.35. The van der Waals surface area contributed by atoms with Gasteiger partial charge in [0.1, 0.15) is 18.1 Å². The van der Waals surface area contributed by atoms with E-state index >= 15 is 0 Å². The largest absolute Gasteiger partial charge is 0.488 e. The predicted octanol–water partition coefficient (Wildman–Crippen LogP) is 4.07. The number of benzene rings is 1. The molecule has 1 aliphatic heterocycles. The van der Waals surface area contributed by atoms with E-state index in [0.29, 0.717) is 23.1 Å². The first-order chi connectivity index (χ1) is 9.70. The molecular formula is C14H15Cl2NO3. The Kier molecular flexibility index (Phi) is 5.56. The molecule has 0 atom stereocenters. The van der Waals surface area contributed by atoms with Crippen LogP contribution >= 0.6 is 23.2 Å². The van der Waals surface area contributed by atoms with Crippen molar-refractivity contribution in [3.05, 3.63) is 34.8 Å². The maximum atomic E-state index is 11.9. The molecule has 0 aromatic heterocycles. The van der Waals surface area contributed by atoms with E-state index in [1.165, 1.54) is 5.54 Å². The molecule has 2 rings (SSSR count). The summed E-state index contributed by atoms with van der Waals surface area (Å²) in [7, 11) is 0. The Labute approximate surface area is 127 Å². The fourth-order valence-corrected chi connectivity index (χ4v) is 2.14. The molecule has 1 heterocycles. The highest BCUT2D eigenvalue weighted by Crippen LogP contribution is 2.29. The molecule has 0 aliphatic carbocycles. The van der Waals surface area contributed by atoms with Crippen LogP contribution in [0, 0.1) is 0 Å². The lowest BCUT2D eigenvalue weighted by atomic mass is 10.3. The third kappa shape index (κ3) is 4.05. The van der Waals surface area contributed by atoms with E-state index in [4.69, 9.17) is 32.7 Å². The lowest BCUT2D eigenvalue weighted by Crippen LogP contribution is -2.30. The molecule has 4 nitrogen and oxygen atoms in total. The average Bonchev–Trinajstić information content (AvgIpc) is 2.96. The van der Waals surface area contributed by atoms with Gasteiger partial charge in [-0.3, -0.25) is 0 Å². The number of nitrogens with zero attached hydrogens (tertiary/aromatic N) is 1. The van der Waals surface area contributed by atoms with Gasteiger partial charge >= 0.3 is 6.09 Å². The highest BCUT2D eigenvalue weighted by Gasteiger charge is 2.20. The topological polar surface area (TPSA) is 38.8 Å². The summed E-state index contributed by atoms with van der Waals surface area (Å²) < 4.78 is 10.7. The fraction of sp³-hybridized carbons (Fsp3) is 0.357. The van der Waals surface area contributed by atoms with E-state index < -0.39 is 0 Å². The molecule has 0 N–H and O–H groups in total. The summed E-state index contributed by atoms with van der Waals surface area (Å²) in [5.41, 5.74) is 1.37. The van der Waals surface area contributed by atoms with Crippen LogP contribution in [-0.2, 0) is 0 Å². The fourth-order valence-electron chi connectivity index (χ4n) is 1.90. The minimum Gasteiger partial charge on any atom is -0.488 e. The molecule has 1 aromatic rings. The second-order valence-corrected chi connectivity index (χ2v) is 4.99. The van der Waals surface area contributed by atoms with Crippen molar-refractivity contribution in [2.24, 2.45) is 0 Å². The Bertz CT molecular complexity index is 499. The minimum absolute atomic E-state index is 0.298. The molecule has 0 unspecified atom stereocenters. The number of likely N-dealkylation sites (tertiary alicyclic amines) is 1. The molecule has 0 radical (unpaired) electrons. The average molecular weight is 316 g/mol. The van der Waals surface area contributed by atoms with Crippen LogP contribution in [0.2, 0.25) is 5.02 Å². The number of carbonyl (C=O) groups is 1. The summed E-state index contributed by atoms with van der Waals surface area (Å²) in [6.45, 7) is 1.79. The second kappa shape index (κ2) is 7.41. The molecule has 0 saturated carbocycles. The zero-order valence-electron chi connectivity index (χ0n) is 10.9. The molecular weight excluding hydrogens is 301 g/mol. The van der Waals surface area contributed by atoms with Gasteiger partial charge < -0.3 is 14.4 Å². The Hall–Kier alpha value is -1.39. The van der Waals surface area contributed by atoms with E-state index in [2.05, 4.69) is 0 Å². The van der Waals surface area contributed by atoms with Gasteiger partial charge in [-0.1, -0.05) is 23.2 Å².